The van der Waals surface area contributed by atoms with Gasteiger partial charge in [0.15, 0.2) is 11.6 Å². The predicted molar refractivity (Wildman–Crippen MR) is 113 cm³/mol. The molecule has 1 saturated carbocycles. The van der Waals surface area contributed by atoms with Crippen molar-refractivity contribution in [1.29, 1.82) is 0 Å². The summed E-state index contributed by atoms with van der Waals surface area (Å²) in [5, 5.41) is 16.8. The van der Waals surface area contributed by atoms with Crippen LogP contribution in [-0.2, 0) is 0 Å². The highest BCUT2D eigenvalue weighted by molar-refractivity contribution is 5.92. The molecule has 0 bridgehead atoms. The van der Waals surface area contributed by atoms with E-state index in [9.17, 15) is 4.79 Å². The van der Waals surface area contributed by atoms with Crippen molar-refractivity contribution in [3.63, 3.8) is 0 Å². The minimum atomic E-state index is -0.00133. The van der Waals surface area contributed by atoms with Gasteiger partial charge in [0.05, 0.1) is 11.4 Å². The fourth-order valence-electron chi connectivity index (χ4n) is 4.34. The maximum Gasteiger partial charge on any atom is 0.275 e. The van der Waals surface area contributed by atoms with Gasteiger partial charge < -0.3 is 5.32 Å². The van der Waals surface area contributed by atoms with Crippen LogP contribution in [0.1, 0.15) is 58.2 Å². The van der Waals surface area contributed by atoms with Gasteiger partial charge in [0, 0.05) is 17.1 Å². The van der Waals surface area contributed by atoms with Crippen LogP contribution < -0.4 is 10.9 Å². The standard InChI is InChI=1S/C22H29N5O/c1-14-13-19(25-24-14)23-20-17-7-5-6-8-18(17)21(28)27(26-20)16-11-9-15(10-12-16)22(2,3)4/h5-8,13,15-16H,9-12H2,1-4H3,(H2,23,24,25,26). The van der Waals surface area contributed by atoms with Crippen LogP contribution in [0.5, 0.6) is 0 Å². The van der Waals surface area contributed by atoms with E-state index >= 15 is 0 Å². The highest BCUT2D eigenvalue weighted by Gasteiger charge is 2.31. The quantitative estimate of drug-likeness (QED) is 0.675. The fraction of sp³-hybridized carbons (Fsp3) is 0.500. The van der Waals surface area contributed by atoms with Gasteiger partial charge in [-0.1, -0.05) is 39.0 Å². The Labute approximate surface area is 165 Å². The minimum Gasteiger partial charge on any atom is -0.321 e. The lowest BCUT2D eigenvalue weighted by Crippen LogP contribution is -2.33. The van der Waals surface area contributed by atoms with Crippen molar-refractivity contribution in [2.45, 2.75) is 59.4 Å². The number of fused-ring (bicyclic) bond motifs is 1. The van der Waals surface area contributed by atoms with Crippen molar-refractivity contribution < 1.29 is 0 Å². The zero-order valence-electron chi connectivity index (χ0n) is 17.1. The lowest BCUT2D eigenvalue weighted by atomic mass is 9.71. The Morgan fingerprint density at radius 1 is 1.11 bits per heavy atom. The first-order valence-electron chi connectivity index (χ1n) is 10.1. The zero-order valence-corrected chi connectivity index (χ0v) is 17.1. The summed E-state index contributed by atoms with van der Waals surface area (Å²) < 4.78 is 1.71. The number of benzene rings is 1. The molecule has 0 spiro atoms. The van der Waals surface area contributed by atoms with Gasteiger partial charge in [0.25, 0.3) is 5.56 Å². The fourth-order valence-corrected chi connectivity index (χ4v) is 4.34. The Kier molecular flexibility index (Phi) is 4.73. The smallest absolute Gasteiger partial charge is 0.275 e. The second-order valence-electron chi connectivity index (χ2n) is 9.08. The van der Waals surface area contributed by atoms with E-state index in [1.54, 1.807) is 4.68 Å². The predicted octanol–water partition coefficient (Wildman–Crippen LogP) is 4.95. The Morgan fingerprint density at radius 2 is 1.79 bits per heavy atom. The van der Waals surface area contributed by atoms with Crippen LogP contribution in [0.15, 0.2) is 35.1 Å². The van der Waals surface area contributed by atoms with Crippen molar-refractivity contribution in [1.82, 2.24) is 20.0 Å². The maximum atomic E-state index is 13.2. The summed E-state index contributed by atoms with van der Waals surface area (Å²) in [5.41, 5.74) is 1.29. The number of aromatic nitrogens is 4. The summed E-state index contributed by atoms with van der Waals surface area (Å²) in [6.45, 7) is 8.89. The largest absolute Gasteiger partial charge is 0.321 e. The molecule has 6 nitrogen and oxygen atoms in total. The van der Waals surface area contributed by atoms with Crippen LogP contribution in [0.2, 0.25) is 0 Å². The molecule has 0 unspecified atom stereocenters. The van der Waals surface area contributed by atoms with E-state index in [2.05, 4.69) is 36.3 Å². The third kappa shape index (κ3) is 3.55. The lowest BCUT2D eigenvalue weighted by Gasteiger charge is -2.37. The average Bonchev–Trinajstić information content (AvgIpc) is 3.08. The third-order valence-electron chi connectivity index (χ3n) is 6.05. The molecule has 2 aromatic heterocycles. The van der Waals surface area contributed by atoms with E-state index < -0.39 is 0 Å². The Balaban J connectivity index is 1.71. The normalized spacial score (nSPS) is 20.4. The summed E-state index contributed by atoms with van der Waals surface area (Å²) in [7, 11) is 0. The lowest BCUT2D eigenvalue weighted by molar-refractivity contribution is 0.146. The Bertz CT molecular complexity index is 1030. The molecule has 0 amide bonds. The monoisotopic (exact) mass is 379 g/mol. The SMILES string of the molecule is Cc1cc(Nc2nn(C3CCC(C(C)(C)C)CC3)c(=O)c3ccccc23)n[nH]1. The van der Waals surface area contributed by atoms with Crippen molar-refractivity contribution in [3.8, 4) is 0 Å². The number of H-pyrrole nitrogens is 1. The molecule has 6 heteroatoms. The second kappa shape index (κ2) is 7.08. The van der Waals surface area contributed by atoms with Crippen LogP contribution >= 0.6 is 0 Å². The van der Waals surface area contributed by atoms with Gasteiger partial charge in [-0.3, -0.25) is 9.89 Å². The van der Waals surface area contributed by atoms with E-state index in [-0.39, 0.29) is 11.6 Å². The van der Waals surface area contributed by atoms with Gasteiger partial charge in [-0.05, 0) is 50.0 Å². The molecule has 1 aliphatic rings. The van der Waals surface area contributed by atoms with Crippen molar-refractivity contribution in [2.75, 3.05) is 5.32 Å². The molecule has 0 radical (unpaired) electrons. The van der Waals surface area contributed by atoms with Crippen molar-refractivity contribution in [2.24, 2.45) is 11.3 Å². The number of aryl methyl sites for hydroxylation is 1. The van der Waals surface area contributed by atoms with Crippen molar-refractivity contribution >= 4 is 22.4 Å². The molecular formula is C22H29N5O. The van der Waals surface area contributed by atoms with Gasteiger partial charge in [-0.25, -0.2) is 4.68 Å². The number of aromatic amines is 1. The van der Waals surface area contributed by atoms with Crippen LogP contribution in [-0.4, -0.2) is 20.0 Å². The van der Waals surface area contributed by atoms with Gasteiger partial charge >= 0.3 is 0 Å². The summed E-state index contributed by atoms with van der Waals surface area (Å²) in [4.78, 5) is 13.2. The highest BCUT2D eigenvalue weighted by Crippen LogP contribution is 2.41. The van der Waals surface area contributed by atoms with E-state index in [1.807, 2.05) is 37.3 Å². The number of nitrogens with zero attached hydrogens (tertiary/aromatic N) is 3. The van der Waals surface area contributed by atoms with Crippen LogP contribution in [0.4, 0.5) is 11.6 Å². The van der Waals surface area contributed by atoms with E-state index in [0.717, 1.165) is 36.8 Å². The maximum absolute atomic E-state index is 13.2. The first kappa shape index (κ1) is 18.7. The van der Waals surface area contributed by atoms with E-state index in [0.29, 0.717) is 28.4 Å². The first-order valence-corrected chi connectivity index (χ1v) is 10.1. The minimum absolute atomic E-state index is 0.00133. The van der Waals surface area contributed by atoms with Gasteiger partial charge in [0.1, 0.15) is 0 Å². The molecule has 0 aliphatic heterocycles. The van der Waals surface area contributed by atoms with Gasteiger partial charge in [0.2, 0.25) is 0 Å². The summed E-state index contributed by atoms with van der Waals surface area (Å²) >= 11 is 0. The van der Waals surface area contributed by atoms with Gasteiger partial charge in [-0.15, -0.1) is 0 Å². The molecule has 1 fully saturated rings. The molecular weight excluding hydrogens is 350 g/mol. The second-order valence-corrected chi connectivity index (χ2v) is 9.08. The number of nitrogens with one attached hydrogen (secondary N) is 2. The molecule has 1 aliphatic carbocycles. The third-order valence-corrected chi connectivity index (χ3v) is 6.05. The molecule has 3 aromatic rings. The molecule has 0 atom stereocenters. The topological polar surface area (TPSA) is 75.6 Å². The molecule has 2 N–H and O–H groups in total. The molecule has 2 heterocycles. The zero-order chi connectivity index (χ0) is 19.9. The van der Waals surface area contributed by atoms with Crippen LogP contribution in [0.25, 0.3) is 10.8 Å². The molecule has 0 saturated heterocycles. The van der Waals surface area contributed by atoms with Crippen LogP contribution in [0, 0.1) is 18.3 Å². The average molecular weight is 380 g/mol. The summed E-state index contributed by atoms with van der Waals surface area (Å²) in [5.74, 6) is 2.08. The van der Waals surface area contributed by atoms with Crippen LogP contribution in [0.3, 0.4) is 0 Å². The molecule has 148 valence electrons. The van der Waals surface area contributed by atoms with Crippen molar-refractivity contribution in [3.05, 3.63) is 46.4 Å². The number of hydrogen-bond acceptors (Lipinski definition) is 4. The first-order chi connectivity index (χ1) is 13.3. The number of rotatable bonds is 3. The highest BCUT2D eigenvalue weighted by atomic mass is 16.1. The Hall–Kier alpha value is -2.63. The summed E-state index contributed by atoms with van der Waals surface area (Å²) in [6.07, 6.45) is 4.26. The Morgan fingerprint density at radius 3 is 2.39 bits per heavy atom. The van der Waals surface area contributed by atoms with E-state index in [1.165, 1.54) is 0 Å². The van der Waals surface area contributed by atoms with E-state index in [4.69, 9.17) is 5.10 Å². The molecule has 28 heavy (non-hydrogen) atoms. The molecule has 4 rings (SSSR count). The summed E-state index contributed by atoms with van der Waals surface area (Å²) in [6, 6.07) is 9.75. The molecule has 1 aromatic carbocycles. The van der Waals surface area contributed by atoms with Gasteiger partial charge in [-0.2, -0.15) is 10.2 Å². The number of hydrogen-bond donors (Lipinski definition) is 2. The number of anilines is 2.